The molecule has 0 unspecified atom stereocenters. The molecular weight excluding hydrogens is 492 g/mol. The molecule has 1 saturated heterocycles. The predicted molar refractivity (Wildman–Crippen MR) is 141 cm³/mol. The number of anilines is 1. The van der Waals surface area contributed by atoms with Gasteiger partial charge in [-0.15, -0.1) is 0 Å². The number of ether oxygens (including phenoxy) is 2. The lowest BCUT2D eigenvalue weighted by Crippen LogP contribution is -2.29. The Morgan fingerprint density at radius 3 is 2.43 bits per heavy atom. The second-order valence-corrected chi connectivity index (χ2v) is 9.79. The van der Waals surface area contributed by atoms with Crippen LogP contribution in [0.5, 0.6) is 5.75 Å². The molecule has 4 rings (SSSR count). The van der Waals surface area contributed by atoms with Gasteiger partial charge >= 0.3 is 11.9 Å². The minimum absolute atomic E-state index is 0.0528. The number of hydrogen-bond acceptors (Lipinski definition) is 8. The Balaban J connectivity index is 1.88. The van der Waals surface area contributed by atoms with Gasteiger partial charge in [-0.05, 0) is 56.5 Å². The van der Waals surface area contributed by atoms with Gasteiger partial charge in [0.05, 0.1) is 31.0 Å². The number of benzene rings is 2. The largest absolute Gasteiger partial charge is 0.507 e. The van der Waals surface area contributed by atoms with Crippen LogP contribution in [0.15, 0.2) is 48.0 Å². The Labute approximate surface area is 219 Å². The van der Waals surface area contributed by atoms with E-state index >= 15 is 0 Å². The molecule has 2 heterocycles. The van der Waals surface area contributed by atoms with E-state index < -0.39 is 23.7 Å². The highest BCUT2D eigenvalue weighted by Gasteiger charge is 2.48. The zero-order chi connectivity index (χ0) is 26.9. The van der Waals surface area contributed by atoms with Gasteiger partial charge in [0.25, 0.3) is 5.78 Å². The maximum absolute atomic E-state index is 13.4. The quantitative estimate of drug-likeness (QED) is 0.196. The number of ketones is 1. The zero-order valence-corrected chi connectivity index (χ0v) is 22.1. The fourth-order valence-electron chi connectivity index (χ4n) is 4.19. The maximum atomic E-state index is 13.4. The average Bonchev–Trinajstić information content (AvgIpc) is 3.39. The highest BCUT2D eigenvalue weighted by Crippen LogP contribution is 2.44. The molecule has 37 heavy (non-hydrogen) atoms. The number of carbonyl (C=O) groups excluding carboxylic acids is 3. The summed E-state index contributed by atoms with van der Waals surface area (Å²) in [5, 5.41) is 11.6. The highest BCUT2D eigenvalue weighted by molar-refractivity contribution is 7.17. The standard InChI is InChI=1S/C28H28N2O6S/c1-6-13-36-20-12-11-19(14-16(20)3)23(31)21-22(18-9-7-15(2)8-10-18)30(26(33)24(21)32)28-29-17(4)25(37-28)27(34)35-5/h7-12,14,22,31H,6,13H2,1-5H3/t22-/m0/s1. The lowest BCUT2D eigenvalue weighted by atomic mass is 9.94. The third kappa shape index (κ3) is 4.86. The lowest BCUT2D eigenvalue weighted by Gasteiger charge is -2.23. The SMILES string of the molecule is CCCOc1ccc(C(O)=C2C(=O)C(=O)N(c3nc(C)c(C(=O)OC)s3)[C@H]2c2ccc(C)cc2)cc1C. The molecule has 1 aliphatic rings. The smallest absolute Gasteiger partial charge is 0.350 e. The van der Waals surface area contributed by atoms with Gasteiger partial charge in [-0.1, -0.05) is 48.1 Å². The Morgan fingerprint density at radius 1 is 1.11 bits per heavy atom. The van der Waals surface area contributed by atoms with Crippen molar-refractivity contribution in [3.8, 4) is 5.75 Å². The summed E-state index contributed by atoms with van der Waals surface area (Å²) < 4.78 is 10.6. The summed E-state index contributed by atoms with van der Waals surface area (Å²) in [5.41, 5.74) is 3.13. The molecule has 9 heteroatoms. The van der Waals surface area contributed by atoms with Gasteiger partial charge in [-0.2, -0.15) is 0 Å². The van der Waals surface area contributed by atoms with Crippen LogP contribution >= 0.6 is 11.3 Å². The molecule has 1 N–H and O–H groups in total. The molecule has 1 atom stereocenters. The molecule has 1 amide bonds. The summed E-state index contributed by atoms with van der Waals surface area (Å²) in [6.45, 7) is 7.99. The summed E-state index contributed by atoms with van der Waals surface area (Å²) in [6, 6.07) is 11.5. The minimum Gasteiger partial charge on any atom is -0.507 e. The third-order valence-corrected chi connectivity index (χ3v) is 7.25. The number of aliphatic hydroxyl groups excluding tert-OH is 1. The number of aromatic nitrogens is 1. The molecule has 0 spiro atoms. The van der Waals surface area contributed by atoms with Crippen molar-refractivity contribution >= 4 is 39.9 Å². The first-order valence-corrected chi connectivity index (χ1v) is 12.7. The molecule has 3 aromatic rings. The third-order valence-electron chi connectivity index (χ3n) is 6.11. The molecule has 0 bridgehead atoms. The van der Waals surface area contributed by atoms with Crippen molar-refractivity contribution in [1.29, 1.82) is 0 Å². The van der Waals surface area contributed by atoms with Crippen LogP contribution in [-0.2, 0) is 14.3 Å². The van der Waals surface area contributed by atoms with E-state index in [1.54, 1.807) is 37.3 Å². The van der Waals surface area contributed by atoms with Gasteiger partial charge in [0.2, 0.25) is 0 Å². The van der Waals surface area contributed by atoms with E-state index in [4.69, 9.17) is 9.47 Å². The fourth-order valence-corrected chi connectivity index (χ4v) is 5.20. The second-order valence-electron chi connectivity index (χ2n) is 8.81. The fraction of sp³-hybridized carbons (Fsp3) is 0.286. The van der Waals surface area contributed by atoms with Crippen molar-refractivity contribution in [2.75, 3.05) is 18.6 Å². The van der Waals surface area contributed by atoms with Gasteiger partial charge in [0, 0.05) is 5.56 Å². The molecule has 192 valence electrons. The zero-order valence-electron chi connectivity index (χ0n) is 21.3. The number of rotatable bonds is 7. The van der Waals surface area contributed by atoms with Gasteiger partial charge in [-0.3, -0.25) is 14.5 Å². The van der Waals surface area contributed by atoms with Crippen LogP contribution in [0.1, 0.15) is 57.0 Å². The Kier molecular flexibility index (Phi) is 7.45. The number of amides is 1. The summed E-state index contributed by atoms with van der Waals surface area (Å²) in [5.74, 6) is -1.86. The van der Waals surface area contributed by atoms with Crippen molar-refractivity contribution in [3.63, 3.8) is 0 Å². The van der Waals surface area contributed by atoms with Crippen LogP contribution in [0.25, 0.3) is 5.76 Å². The van der Waals surface area contributed by atoms with Gasteiger partial charge in [0.1, 0.15) is 16.4 Å². The highest BCUT2D eigenvalue weighted by atomic mass is 32.1. The summed E-state index contributed by atoms with van der Waals surface area (Å²) in [7, 11) is 1.26. The van der Waals surface area contributed by atoms with Crippen molar-refractivity contribution in [1.82, 2.24) is 4.98 Å². The number of aryl methyl sites for hydroxylation is 3. The second kappa shape index (κ2) is 10.6. The van der Waals surface area contributed by atoms with E-state index in [2.05, 4.69) is 4.98 Å². The van der Waals surface area contributed by atoms with E-state index in [0.717, 1.165) is 28.9 Å². The van der Waals surface area contributed by atoms with Crippen LogP contribution in [0.3, 0.4) is 0 Å². The Hall–Kier alpha value is -3.98. The van der Waals surface area contributed by atoms with Crippen LogP contribution < -0.4 is 9.64 Å². The molecule has 0 saturated carbocycles. The molecule has 8 nitrogen and oxygen atoms in total. The maximum Gasteiger partial charge on any atom is 0.350 e. The van der Waals surface area contributed by atoms with E-state index in [0.29, 0.717) is 29.2 Å². The van der Waals surface area contributed by atoms with E-state index in [9.17, 15) is 19.5 Å². The topological polar surface area (TPSA) is 106 Å². The molecule has 1 aromatic heterocycles. The van der Waals surface area contributed by atoms with Crippen LogP contribution in [0, 0.1) is 20.8 Å². The molecule has 1 aliphatic heterocycles. The van der Waals surface area contributed by atoms with Crippen molar-refractivity contribution < 1.29 is 29.0 Å². The molecular formula is C28H28N2O6S. The van der Waals surface area contributed by atoms with Crippen LogP contribution in [0.4, 0.5) is 5.13 Å². The van der Waals surface area contributed by atoms with Gasteiger partial charge < -0.3 is 14.6 Å². The Bertz CT molecular complexity index is 1410. The number of carbonyl (C=O) groups is 3. The first kappa shape index (κ1) is 26.1. The van der Waals surface area contributed by atoms with Gasteiger partial charge in [0.15, 0.2) is 5.13 Å². The van der Waals surface area contributed by atoms with Crippen LogP contribution in [0.2, 0.25) is 0 Å². The molecule has 1 fully saturated rings. The van der Waals surface area contributed by atoms with Crippen molar-refractivity contribution in [3.05, 3.63) is 80.9 Å². The summed E-state index contributed by atoms with van der Waals surface area (Å²) in [6.07, 6.45) is 0.856. The Morgan fingerprint density at radius 2 is 1.81 bits per heavy atom. The minimum atomic E-state index is -0.937. The number of thiazole rings is 1. The molecule has 0 aliphatic carbocycles. The van der Waals surface area contributed by atoms with Crippen molar-refractivity contribution in [2.45, 2.75) is 40.2 Å². The average molecular weight is 521 g/mol. The van der Waals surface area contributed by atoms with Crippen molar-refractivity contribution in [2.24, 2.45) is 0 Å². The monoisotopic (exact) mass is 520 g/mol. The molecule has 0 radical (unpaired) electrons. The predicted octanol–water partition coefficient (Wildman–Crippen LogP) is 5.27. The normalized spacial score (nSPS) is 16.8. The van der Waals surface area contributed by atoms with Gasteiger partial charge in [-0.25, -0.2) is 9.78 Å². The lowest BCUT2D eigenvalue weighted by molar-refractivity contribution is -0.132. The van der Waals surface area contributed by atoms with Crippen LogP contribution in [-0.4, -0.2) is 41.5 Å². The number of Topliss-reactive ketones (excluding diaryl/α,β-unsaturated/α-hetero) is 1. The first-order valence-electron chi connectivity index (χ1n) is 11.8. The number of nitrogens with zero attached hydrogens (tertiary/aromatic N) is 2. The summed E-state index contributed by atoms with van der Waals surface area (Å²) >= 11 is 0.965. The number of esters is 1. The number of aliphatic hydroxyl groups is 1. The number of methoxy groups -OCH3 is 1. The van der Waals surface area contributed by atoms with E-state index in [-0.39, 0.29) is 21.3 Å². The first-order chi connectivity index (χ1) is 17.7. The summed E-state index contributed by atoms with van der Waals surface area (Å²) in [4.78, 5) is 44.8. The number of hydrogen-bond donors (Lipinski definition) is 1. The molecule has 2 aromatic carbocycles. The van der Waals surface area contributed by atoms with E-state index in [1.807, 2.05) is 32.9 Å². The van der Waals surface area contributed by atoms with E-state index in [1.165, 1.54) is 12.0 Å².